The minimum atomic E-state index is 0.153. The standard InChI is InChI=1S/C12H11BrO2/c13-5-6-15-12-4-2-9-1-3-11(14)7-10(9)8-12/h1-4,8H,5-7H2. The Morgan fingerprint density at radius 2 is 2.20 bits per heavy atom. The summed E-state index contributed by atoms with van der Waals surface area (Å²) in [6, 6.07) is 5.86. The molecular weight excluding hydrogens is 256 g/mol. The van der Waals surface area contributed by atoms with Gasteiger partial charge in [0.2, 0.25) is 0 Å². The largest absolute Gasteiger partial charge is 0.493 e. The highest BCUT2D eigenvalue weighted by Gasteiger charge is 2.10. The first-order valence-electron chi connectivity index (χ1n) is 4.82. The minimum Gasteiger partial charge on any atom is -0.493 e. The molecule has 0 heterocycles. The third kappa shape index (κ3) is 2.48. The highest BCUT2D eigenvalue weighted by atomic mass is 79.9. The average Bonchev–Trinajstić information content (AvgIpc) is 2.25. The zero-order valence-electron chi connectivity index (χ0n) is 8.20. The normalized spacial score (nSPS) is 13.8. The predicted molar refractivity (Wildman–Crippen MR) is 63.5 cm³/mol. The van der Waals surface area contributed by atoms with Gasteiger partial charge in [0.1, 0.15) is 5.75 Å². The summed E-state index contributed by atoms with van der Waals surface area (Å²) in [5.41, 5.74) is 2.16. The third-order valence-electron chi connectivity index (χ3n) is 2.27. The molecule has 0 spiro atoms. The molecule has 1 aromatic carbocycles. The van der Waals surface area contributed by atoms with Crippen LogP contribution in [0, 0.1) is 0 Å². The van der Waals surface area contributed by atoms with E-state index in [4.69, 9.17) is 4.74 Å². The summed E-state index contributed by atoms with van der Waals surface area (Å²) >= 11 is 3.30. The molecule has 0 saturated heterocycles. The molecule has 78 valence electrons. The number of halogens is 1. The molecule has 0 unspecified atom stereocenters. The molecule has 0 N–H and O–H groups in total. The van der Waals surface area contributed by atoms with E-state index in [9.17, 15) is 4.79 Å². The molecule has 0 radical (unpaired) electrons. The molecule has 0 saturated carbocycles. The number of rotatable bonds is 3. The summed E-state index contributed by atoms with van der Waals surface area (Å²) < 4.78 is 5.47. The van der Waals surface area contributed by atoms with Crippen molar-refractivity contribution in [2.24, 2.45) is 0 Å². The van der Waals surface area contributed by atoms with Gasteiger partial charge in [0, 0.05) is 11.8 Å². The first-order valence-corrected chi connectivity index (χ1v) is 5.94. The van der Waals surface area contributed by atoms with Gasteiger partial charge in [-0.25, -0.2) is 0 Å². The van der Waals surface area contributed by atoms with Crippen molar-refractivity contribution in [1.82, 2.24) is 0 Å². The van der Waals surface area contributed by atoms with Crippen LogP contribution in [0.15, 0.2) is 24.3 Å². The van der Waals surface area contributed by atoms with E-state index in [1.165, 1.54) is 0 Å². The number of carbonyl (C=O) groups is 1. The molecule has 0 aromatic heterocycles. The van der Waals surface area contributed by atoms with E-state index in [1.54, 1.807) is 6.08 Å². The van der Waals surface area contributed by atoms with Gasteiger partial charge in [-0.15, -0.1) is 0 Å². The van der Waals surface area contributed by atoms with Gasteiger partial charge >= 0.3 is 0 Å². The molecule has 0 aliphatic heterocycles. The molecule has 2 nitrogen and oxygen atoms in total. The second kappa shape index (κ2) is 4.62. The van der Waals surface area contributed by atoms with Crippen LogP contribution in [0.4, 0.5) is 0 Å². The number of ketones is 1. The predicted octanol–water partition coefficient (Wildman–Crippen LogP) is 2.60. The Bertz CT molecular complexity index is 410. The van der Waals surface area contributed by atoms with Crippen LogP contribution in [0.2, 0.25) is 0 Å². The molecule has 1 aliphatic rings. The van der Waals surface area contributed by atoms with E-state index < -0.39 is 0 Å². The maximum Gasteiger partial charge on any atom is 0.160 e. The van der Waals surface area contributed by atoms with Crippen molar-refractivity contribution in [3.05, 3.63) is 35.4 Å². The fraction of sp³-hybridized carbons (Fsp3) is 0.250. The van der Waals surface area contributed by atoms with Crippen LogP contribution in [-0.4, -0.2) is 17.7 Å². The van der Waals surface area contributed by atoms with Crippen LogP contribution >= 0.6 is 15.9 Å². The third-order valence-corrected chi connectivity index (χ3v) is 2.60. The highest BCUT2D eigenvalue weighted by molar-refractivity contribution is 9.09. The first-order chi connectivity index (χ1) is 7.29. The number of benzene rings is 1. The van der Waals surface area contributed by atoms with Gasteiger partial charge in [-0.3, -0.25) is 4.79 Å². The minimum absolute atomic E-state index is 0.153. The van der Waals surface area contributed by atoms with Gasteiger partial charge in [0.25, 0.3) is 0 Å². The smallest absolute Gasteiger partial charge is 0.160 e. The van der Waals surface area contributed by atoms with Crippen molar-refractivity contribution >= 4 is 27.8 Å². The van der Waals surface area contributed by atoms with Gasteiger partial charge in [0.15, 0.2) is 5.78 Å². The Morgan fingerprint density at radius 3 is 3.00 bits per heavy atom. The second-order valence-corrected chi connectivity index (χ2v) is 4.17. The number of ether oxygens (including phenoxy) is 1. The molecule has 1 aliphatic carbocycles. The molecule has 0 atom stereocenters. The van der Waals surface area contributed by atoms with Crippen molar-refractivity contribution in [2.45, 2.75) is 6.42 Å². The zero-order chi connectivity index (χ0) is 10.7. The molecule has 0 bridgehead atoms. The SMILES string of the molecule is O=C1C=Cc2ccc(OCCBr)cc2C1. The van der Waals surface area contributed by atoms with Crippen LogP contribution in [0.25, 0.3) is 6.08 Å². The van der Waals surface area contributed by atoms with E-state index in [0.717, 1.165) is 22.2 Å². The van der Waals surface area contributed by atoms with Gasteiger partial charge in [-0.2, -0.15) is 0 Å². The lowest BCUT2D eigenvalue weighted by Crippen LogP contribution is -2.06. The van der Waals surface area contributed by atoms with E-state index in [-0.39, 0.29) is 5.78 Å². The maximum atomic E-state index is 11.2. The first kappa shape index (κ1) is 10.4. The Kier molecular flexibility index (Phi) is 3.21. The van der Waals surface area contributed by atoms with E-state index in [2.05, 4.69) is 15.9 Å². The maximum absolute atomic E-state index is 11.2. The van der Waals surface area contributed by atoms with E-state index >= 15 is 0 Å². The summed E-state index contributed by atoms with van der Waals surface area (Å²) in [5, 5.41) is 0.808. The highest BCUT2D eigenvalue weighted by Crippen LogP contribution is 2.22. The Labute approximate surface area is 97.1 Å². The monoisotopic (exact) mass is 266 g/mol. The second-order valence-electron chi connectivity index (χ2n) is 3.37. The van der Waals surface area contributed by atoms with Crippen molar-refractivity contribution in [3.8, 4) is 5.75 Å². The molecule has 1 aromatic rings. The number of hydrogen-bond acceptors (Lipinski definition) is 2. The van der Waals surface area contributed by atoms with Gasteiger partial charge in [-0.1, -0.05) is 28.1 Å². The van der Waals surface area contributed by atoms with Crippen LogP contribution in [0.1, 0.15) is 11.1 Å². The number of allylic oxidation sites excluding steroid dienone is 1. The van der Waals surface area contributed by atoms with Crippen LogP contribution < -0.4 is 4.74 Å². The summed E-state index contributed by atoms with van der Waals surface area (Å²) in [7, 11) is 0. The van der Waals surface area contributed by atoms with Crippen LogP contribution in [0.5, 0.6) is 5.75 Å². The fourth-order valence-corrected chi connectivity index (χ4v) is 1.74. The Morgan fingerprint density at radius 1 is 1.33 bits per heavy atom. The Balaban J connectivity index is 2.22. The van der Waals surface area contributed by atoms with E-state index in [0.29, 0.717) is 13.0 Å². The lowest BCUT2D eigenvalue weighted by atomic mass is 9.96. The molecular formula is C12H11BrO2. The quantitative estimate of drug-likeness (QED) is 0.787. The molecule has 0 amide bonds. The molecule has 0 fully saturated rings. The zero-order valence-corrected chi connectivity index (χ0v) is 9.79. The summed E-state index contributed by atoms with van der Waals surface area (Å²) in [6.45, 7) is 0.641. The van der Waals surface area contributed by atoms with Gasteiger partial charge in [0.05, 0.1) is 6.61 Å². The summed E-state index contributed by atoms with van der Waals surface area (Å²) in [4.78, 5) is 11.2. The van der Waals surface area contributed by atoms with Crippen molar-refractivity contribution in [2.75, 3.05) is 11.9 Å². The van der Waals surface area contributed by atoms with Crippen molar-refractivity contribution in [3.63, 3.8) is 0 Å². The number of carbonyl (C=O) groups excluding carboxylic acids is 1. The topological polar surface area (TPSA) is 26.3 Å². The van der Waals surface area contributed by atoms with Gasteiger partial charge < -0.3 is 4.74 Å². The van der Waals surface area contributed by atoms with E-state index in [1.807, 2.05) is 24.3 Å². The van der Waals surface area contributed by atoms with Gasteiger partial charge in [-0.05, 0) is 29.3 Å². The summed E-state index contributed by atoms with van der Waals surface area (Å²) in [6.07, 6.45) is 3.97. The van der Waals surface area contributed by atoms with Crippen molar-refractivity contribution in [1.29, 1.82) is 0 Å². The molecule has 2 rings (SSSR count). The van der Waals surface area contributed by atoms with Crippen LogP contribution in [0.3, 0.4) is 0 Å². The molecule has 15 heavy (non-hydrogen) atoms. The number of hydrogen-bond donors (Lipinski definition) is 0. The lowest BCUT2D eigenvalue weighted by Gasteiger charge is -2.11. The number of fused-ring (bicyclic) bond motifs is 1. The average molecular weight is 267 g/mol. The van der Waals surface area contributed by atoms with Crippen LogP contribution in [-0.2, 0) is 11.2 Å². The number of alkyl halides is 1. The fourth-order valence-electron chi connectivity index (χ4n) is 1.57. The molecule has 3 heteroatoms. The lowest BCUT2D eigenvalue weighted by molar-refractivity contribution is -0.114. The van der Waals surface area contributed by atoms with Crippen molar-refractivity contribution < 1.29 is 9.53 Å². The Hall–Kier alpha value is -1.09. The summed E-state index contributed by atoms with van der Waals surface area (Å²) in [5.74, 6) is 0.983.